The van der Waals surface area contributed by atoms with Crippen LogP contribution in [0.15, 0.2) is 23.7 Å². The highest BCUT2D eigenvalue weighted by atomic mass is 32.1. The van der Waals surface area contributed by atoms with Gasteiger partial charge in [0.15, 0.2) is 11.6 Å². The van der Waals surface area contributed by atoms with Crippen LogP contribution in [0.5, 0.6) is 0 Å². The van der Waals surface area contributed by atoms with Gasteiger partial charge >= 0.3 is 0 Å². The monoisotopic (exact) mass is 252 g/mol. The Bertz CT molecular complexity index is 472. The lowest BCUT2D eigenvalue weighted by molar-refractivity contribution is 0.617. The molecule has 2 aromatic rings. The Balaban J connectivity index is 1.94. The number of nitrogens with one attached hydrogen (secondary N) is 2. The van der Waals surface area contributed by atoms with E-state index in [9.17, 15) is 4.39 Å². The SMILES string of the molecule is CNc1ncc(F)c(NCCc2cccs2)n1. The minimum absolute atomic E-state index is 0.237. The summed E-state index contributed by atoms with van der Waals surface area (Å²) in [7, 11) is 1.70. The van der Waals surface area contributed by atoms with Crippen LogP contribution >= 0.6 is 11.3 Å². The lowest BCUT2D eigenvalue weighted by atomic mass is 10.3. The van der Waals surface area contributed by atoms with Gasteiger partial charge in [0.25, 0.3) is 0 Å². The van der Waals surface area contributed by atoms with Crippen LogP contribution in [0.25, 0.3) is 0 Å². The first kappa shape index (κ1) is 11.8. The molecular weight excluding hydrogens is 239 g/mol. The normalized spacial score (nSPS) is 10.2. The number of thiophene rings is 1. The average Bonchev–Trinajstić information content (AvgIpc) is 2.84. The van der Waals surface area contributed by atoms with Crippen LogP contribution in [0.1, 0.15) is 4.88 Å². The van der Waals surface area contributed by atoms with Crippen molar-refractivity contribution in [1.29, 1.82) is 0 Å². The molecule has 17 heavy (non-hydrogen) atoms. The van der Waals surface area contributed by atoms with Crippen molar-refractivity contribution in [3.8, 4) is 0 Å². The Morgan fingerprint density at radius 2 is 2.35 bits per heavy atom. The molecule has 0 saturated heterocycles. The molecule has 2 rings (SSSR count). The van der Waals surface area contributed by atoms with E-state index in [1.165, 1.54) is 4.88 Å². The van der Waals surface area contributed by atoms with Crippen LogP contribution in [0.3, 0.4) is 0 Å². The molecule has 0 aromatic carbocycles. The zero-order chi connectivity index (χ0) is 12.1. The van der Waals surface area contributed by atoms with E-state index in [0.717, 1.165) is 12.6 Å². The van der Waals surface area contributed by atoms with Crippen molar-refractivity contribution in [1.82, 2.24) is 9.97 Å². The highest BCUT2D eigenvalue weighted by molar-refractivity contribution is 7.09. The van der Waals surface area contributed by atoms with Gasteiger partial charge in [0.05, 0.1) is 6.20 Å². The second-order valence-electron chi connectivity index (χ2n) is 3.40. The van der Waals surface area contributed by atoms with Gasteiger partial charge in [-0.2, -0.15) is 4.98 Å². The quantitative estimate of drug-likeness (QED) is 0.857. The zero-order valence-corrected chi connectivity index (χ0v) is 10.2. The molecule has 0 spiro atoms. The number of nitrogens with zero attached hydrogens (tertiary/aromatic N) is 2. The second-order valence-corrected chi connectivity index (χ2v) is 4.43. The number of anilines is 2. The molecule has 0 aliphatic heterocycles. The first-order valence-corrected chi connectivity index (χ1v) is 6.14. The highest BCUT2D eigenvalue weighted by Gasteiger charge is 2.05. The van der Waals surface area contributed by atoms with Crippen molar-refractivity contribution in [3.63, 3.8) is 0 Å². The Morgan fingerprint density at radius 1 is 1.47 bits per heavy atom. The van der Waals surface area contributed by atoms with E-state index < -0.39 is 5.82 Å². The third-order valence-electron chi connectivity index (χ3n) is 2.21. The largest absolute Gasteiger partial charge is 0.367 e. The fourth-order valence-corrected chi connectivity index (χ4v) is 2.08. The summed E-state index contributed by atoms with van der Waals surface area (Å²) >= 11 is 1.69. The van der Waals surface area contributed by atoms with Crippen LogP contribution in [0.4, 0.5) is 16.2 Å². The summed E-state index contributed by atoms with van der Waals surface area (Å²) < 4.78 is 13.4. The molecule has 90 valence electrons. The van der Waals surface area contributed by atoms with Gasteiger partial charge in [-0.1, -0.05) is 6.07 Å². The summed E-state index contributed by atoms with van der Waals surface area (Å²) in [6, 6.07) is 4.06. The standard InChI is InChI=1S/C11H13FN4S/c1-13-11-15-7-9(12)10(16-11)14-5-4-8-3-2-6-17-8/h2-3,6-7H,4-5H2,1H3,(H2,13,14,15,16). The Kier molecular flexibility index (Phi) is 3.87. The molecule has 4 nitrogen and oxygen atoms in total. The summed E-state index contributed by atoms with van der Waals surface area (Å²) in [5.41, 5.74) is 0. The molecule has 2 heterocycles. The van der Waals surface area contributed by atoms with Crippen LogP contribution in [0.2, 0.25) is 0 Å². The molecular formula is C11H13FN4S. The molecule has 2 aromatic heterocycles. The van der Waals surface area contributed by atoms with Crippen molar-refractivity contribution in [2.75, 3.05) is 24.2 Å². The number of rotatable bonds is 5. The van der Waals surface area contributed by atoms with Gasteiger partial charge in [0, 0.05) is 18.5 Å². The molecule has 0 aliphatic rings. The number of hydrogen-bond acceptors (Lipinski definition) is 5. The second kappa shape index (κ2) is 5.58. The molecule has 2 N–H and O–H groups in total. The Labute approximate surface area is 103 Å². The molecule has 0 saturated carbocycles. The van der Waals surface area contributed by atoms with Crippen LogP contribution in [-0.2, 0) is 6.42 Å². The Hall–Kier alpha value is -1.69. The summed E-state index contributed by atoms with van der Waals surface area (Å²) in [5, 5.41) is 7.77. The van der Waals surface area contributed by atoms with E-state index in [2.05, 4.69) is 26.7 Å². The Morgan fingerprint density at radius 3 is 3.06 bits per heavy atom. The van der Waals surface area contributed by atoms with Gasteiger partial charge in [-0.15, -0.1) is 11.3 Å². The van der Waals surface area contributed by atoms with E-state index in [1.54, 1.807) is 18.4 Å². The maximum Gasteiger partial charge on any atom is 0.224 e. The summed E-state index contributed by atoms with van der Waals surface area (Å²) in [6.07, 6.45) is 2.02. The topological polar surface area (TPSA) is 49.8 Å². The van der Waals surface area contributed by atoms with Gasteiger partial charge in [-0.05, 0) is 17.9 Å². The average molecular weight is 252 g/mol. The zero-order valence-electron chi connectivity index (χ0n) is 9.40. The molecule has 6 heteroatoms. The van der Waals surface area contributed by atoms with Gasteiger partial charge in [0.1, 0.15) is 0 Å². The molecule has 0 atom stereocenters. The molecule has 0 unspecified atom stereocenters. The predicted octanol–water partition coefficient (Wildman–Crippen LogP) is 2.37. The summed E-state index contributed by atoms with van der Waals surface area (Å²) in [6.45, 7) is 0.650. The third kappa shape index (κ3) is 3.13. The van der Waals surface area contributed by atoms with Crippen LogP contribution in [-0.4, -0.2) is 23.6 Å². The number of aromatic nitrogens is 2. The fourth-order valence-electron chi connectivity index (χ4n) is 1.37. The lowest BCUT2D eigenvalue weighted by Crippen LogP contribution is -2.09. The van der Waals surface area contributed by atoms with Gasteiger partial charge in [0.2, 0.25) is 5.95 Å². The molecule has 0 fully saturated rings. The van der Waals surface area contributed by atoms with E-state index in [0.29, 0.717) is 12.5 Å². The van der Waals surface area contributed by atoms with Gasteiger partial charge in [-0.3, -0.25) is 0 Å². The van der Waals surface area contributed by atoms with Crippen molar-refractivity contribution < 1.29 is 4.39 Å². The van der Waals surface area contributed by atoms with Crippen molar-refractivity contribution in [2.45, 2.75) is 6.42 Å². The summed E-state index contributed by atoms with van der Waals surface area (Å²) in [4.78, 5) is 9.05. The molecule has 0 amide bonds. The van der Waals surface area contributed by atoms with Crippen LogP contribution in [0, 0.1) is 5.82 Å². The minimum Gasteiger partial charge on any atom is -0.367 e. The molecule has 0 radical (unpaired) electrons. The fraction of sp³-hybridized carbons (Fsp3) is 0.273. The van der Waals surface area contributed by atoms with Crippen molar-refractivity contribution in [3.05, 3.63) is 34.4 Å². The van der Waals surface area contributed by atoms with Crippen molar-refractivity contribution in [2.24, 2.45) is 0 Å². The first-order valence-electron chi connectivity index (χ1n) is 5.26. The molecule has 0 aliphatic carbocycles. The maximum absolute atomic E-state index is 13.4. The number of hydrogen-bond donors (Lipinski definition) is 2. The maximum atomic E-state index is 13.4. The van der Waals surface area contributed by atoms with E-state index in [4.69, 9.17) is 0 Å². The third-order valence-corrected chi connectivity index (χ3v) is 3.15. The van der Waals surface area contributed by atoms with Crippen LogP contribution < -0.4 is 10.6 Å². The van der Waals surface area contributed by atoms with Gasteiger partial charge in [-0.25, -0.2) is 9.37 Å². The summed E-state index contributed by atoms with van der Waals surface area (Å²) in [5.74, 6) is 0.209. The van der Waals surface area contributed by atoms with Gasteiger partial charge < -0.3 is 10.6 Å². The van der Waals surface area contributed by atoms with Crippen molar-refractivity contribution >= 4 is 23.1 Å². The highest BCUT2D eigenvalue weighted by Crippen LogP contribution is 2.13. The first-order chi connectivity index (χ1) is 8.29. The predicted molar refractivity (Wildman–Crippen MR) is 68.0 cm³/mol. The smallest absolute Gasteiger partial charge is 0.224 e. The van der Waals surface area contributed by atoms with E-state index >= 15 is 0 Å². The van der Waals surface area contributed by atoms with E-state index in [-0.39, 0.29) is 5.82 Å². The lowest BCUT2D eigenvalue weighted by Gasteiger charge is -2.06. The minimum atomic E-state index is -0.435. The van der Waals surface area contributed by atoms with E-state index in [1.807, 2.05) is 11.4 Å². The number of halogens is 1. The molecule has 0 bridgehead atoms.